The lowest BCUT2D eigenvalue weighted by Crippen LogP contribution is -2.19. The van der Waals surface area contributed by atoms with Gasteiger partial charge in [0, 0.05) is 5.88 Å². The number of hydrogen-bond acceptors (Lipinski definition) is 1. The maximum absolute atomic E-state index is 11.1. The summed E-state index contributed by atoms with van der Waals surface area (Å²) in [5.74, 6) is 0.158. The number of rotatable bonds is 3. The molecule has 0 aliphatic heterocycles. The van der Waals surface area contributed by atoms with Crippen molar-refractivity contribution in [3.8, 4) is 0 Å². The number of nitrogens with two attached hydrogens (primary N) is 1. The number of aryl methyl sites for hydroxylation is 1. The summed E-state index contributed by atoms with van der Waals surface area (Å²) in [6.07, 6.45) is 3.67. The van der Waals surface area contributed by atoms with Crippen molar-refractivity contribution in [2.75, 3.05) is 5.88 Å². The van der Waals surface area contributed by atoms with Gasteiger partial charge in [0.15, 0.2) is 0 Å². The highest BCUT2D eigenvalue weighted by Crippen LogP contribution is 2.32. The van der Waals surface area contributed by atoms with Gasteiger partial charge in [0.1, 0.15) is 0 Å². The van der Waals surface area contributed by atoms with Crippen LogP contribution in [0.2, 0.25) is 0 Å². The van der Waals surface area contributed by atoms with Crippen LogP contribution in [0, 0.1) is 6.42 Å². The molecule has 1 radical (unpaired) electrons. The lowest BCUT2D eigenvalue weighted by Gasteiger charge is -2.07. The molecule has 1 amide bonds. The van der Waals surface area contributed by atoms with E-state index in [1.54, 1.807) is 0 Å². The van der Waals surface area contributed by atoms with Crippen LogP contribution in [0.5, 0.6) is 0 Å². The van der Waals surface area contributed by atoms with E-state index in [0.717, 1.165) is 18.4 Å². The van der Waals surface area contributed by atoms with Crippen molar-refractivity contribution in [1.29, 1.82) is 0 Å². The van der Waals surface area contributed by atoms with Crippen LogP contribution in [0.4, 0.5) is 0 Å². The van der Waals surface area contributed by atoms with E-state index >= 15 is 0 Å². The standard InChI is InChI=1S/C12H13ClNO/c13-6-5-8-1-3-10-9(7-8)2-4-11(10)12(14)15/h1,3-4,7,11H,2,5-6H2,(H2,14,15). The largest absolute Gasteiger partial charge is 0.369 e. The normalized spacial score (nSPS) is 18.9. The molecule has 1 aromatic carbocycles. The van der Waals surface area contributed by atoms with Crippen LogP contribution in [0.1, 0.15) is 22.6 Å². The van der Waals surface area contributed by atoms with Crippen LogP contribution >= 0.6 is 11.6 Å². The fourth-order valence-corrected chi connectivity index (χ4v) is 2.26. The monoisotopic (exact) mass is 222 g/mol. The van der Waals surface area contributed by atoms with Crippen LogP contribution in [0.15, 0.2) is 18.2 Å². The molecular weight excluding hydrogens is 210 g/mol. The van der Waals surface area contributed by atoms with Gasteiger partial charge in [-0.15, -0.1) is 11.6 Å². The Morgan fingerprint density at radius 2 is 2.33 bits per heavy atom. The molecule has 79 valence electrons. The third-order valence-corrected chi connectivity index (χ3v) is 2.99. The van der Waals surface area contributed by atoms with Crippen LogP contribution in [0.3, 0.4) is 0 Å². The Morgan fingerprint density at radius 3 is 3.00 bits per heavy atom. The van der Waals surface area contributed by atoms with Crippen molar-refractivity contribution in [3.05, 3.63) is 41.3 Å². The first-order chi connectivity index (χ1) is 7.22. The Labute approximate surface area is 94.4 Å². The van der Waals surface area contributed by atoms with Gasteiger partial charge in [-0.05, 0) is 36.0 Å². The van der Waals surface area contributed by atoms with E-state index in [4.69, 9.17) is 17.3 Å². The van der Waals surface area contributed by atoms with Crippen molar-refractivity contribution >= 4 is 17.5 Å². The zero-order chi connectivity index (χ0) is 10.8. The molecule has 1 atom stereocenters. The molecule has 0 spiro atoms. The lowest BCUT2D eigenvalue weighted by molar-refractivity contribution is -0.118. The molecule has 2 rings (SSSR count). The fraction of sp³-hybridized carbons (Fsp3) is 0.333. The third kappa shape index (κ3) is 2.00. The van der Waals surface area contributed by atoms with Crippen molar-refractivity contribution in [2.24, 2.45) is 5.73 Å². The highest BCUT2D eigenvalue weighted by atomic mass is 35.5. The molecule has 2 nitrogen and oxygen atoms in total. The molecule has 2 N–H and O–H groups in total. The van der Waals surface area contributed by atoms with Gasteiger partial charge in [-0.3, -0.25) is 4.79 Å². The summed E-state index contributed by atoms with van der Waals surface area (Å²) in [7, 11) is 0. The number of fused-ring (bicyclic) bond motifs is 1. The SMILES string of the molecule is NC(=O)C1[CH]Cc2cc(CCCl)ccc21. The number of alkyl halides is 1. The topological polar surface area (TPSA) is 43.1 Å². The summed E-state index contributed by atoms with van der Waals surface area (Å²) in [6, 6.07) is 6.14. The van der Waals surface area contributed by atoms with Gasteiger partial charge in [0.25, 0.3) is 0 Å². The van der Waals surface area contributed by atoms with Crippen LogP contribution < -0.4 is 5.73 Å². The molecule has 0 heterocycles. The van der Waals surface area contributed by atoms with Crippen molar-refractivity contribution in [2.45, 2.75) is 18.8 Å². The third-order valence-electron chi connectivity index (χ3n) is 2.81. The average Bonchev–Trinajstić information content (AvgIpc) is 2.61. The molecular formula is C12H13ClNO. The number of hydrogen-bond donors (Lipinski definition) is 1. The second-order valence-corrected chi connectivity index (χ2v) is 4.17. The first-order valence-corrected chi connectivity index (χ1v) is 5.56. The molecule has 3 heteroatoms. The van der Waals surface area contributed by atoms with Gasteiger partial charge in [-0.1, -0.05) is 18.2 Å². The van der Waals surface area contributed by atoms with Gasteiger partial charge in [0.05, 0.1) is 5.92 Å². The predicted molar refractivity (Wildman–Crippen MR) is 60.8 cm³/mol. The van der Waals surface area contributed by atoms with E-state index in [1.165, 1.54) is 11.1 Å². The zero-order valence-corrected chi connectivity index (χ0v) is 9.13. The first kappa shape index (κ1) is 10.5. The van der Waals surface area contributed by atoms with Crippen LogP contribution in [0.25, 0.3) is 0 Å². The second-order valence-electron chi connectivity index (χ2n) is 3.79. The van der Waals surface area contributed by atoms with E-state index in [9.17, 15) is 4.79 Å². The van der Waals surface area contributed by atoms with E-state index < -0.39 is 0 Å². The summed E-state index contributed by atoms with van der Waals surface area (Å²) >= 11 is 5.68. The highest BCUT2D eigenvalue weighted by molar-refractivity contribution is 6.17. The molecule has 1 aliphatic carbocycles. The van der Waals surface area contributed by atoms with E-state index in [-0.39, 0.29) is 11.8 Å². The van der Waals surface area contributed by atoms with Crippen molar-refractivity contribution in [1.82, 2.24) is 0 Å². The molecule has 1 unspecified atom stereocenters. The Morgan fingerprint density at radius 1 is 1.53 bits per heavy atom. The predicted octanol–water partition coefficient (Wildman–Crippen LogP) is 1.80. The molecule has 15 heavy (non-hydrogen) atoms. The van der Waals surface area contributed by atoms with E-state index in [1.807, 2.05) is 18.6 Å². The number of amides is 1. The smallest absolute Gasteiger partial charge is 0.225 e. The van der Waals surface area contributed by atoms with Gasteiger partial charge in [-0.2, -0.15) is 0 Å². The molecule has 0 saturated carbocycles. The molecule has 0 saturated heterocycles. The number of carbonyl (C=O) groups excluding carboxylic acids is 1. The Balaban J connectivity index is 2.29. The Bertz CT molecular complexity index is 389. The summed E-state index contributed by atoms with van der Waals surface area (Å²) in [5, 5.41) is 0. The Kier molecular flexibility index (Phi) is 2.96. The average molecular weight is 223 g/mol. The maximum Gasteiger partial charge on any atom is 0.225 e. The zero-order valence-electron chi connectivity index (χ0n) is 8.37. The summed E-state index contributed by atoms with van der Waals surface area (Å²) < 4.78 is 0. The number of halogens is 1. The van der Waals surface area contributed by atoms with E-state index in [2.05, 4.69) is 6.07 Å². The van der Waals surface area contributed by atoms with Gasteiger partial charge in [0.2, 0.25) is 5.91 Å². The van der Waals surface area contributed by atoms with Crippen molar-refractivity contribution < 1.29 is 4.79 Å². The fourth-order valence-electron chi connectivity index (χ4n) is 2.05. The van der Waals surface area contributed by atoms with Crippen molar-refractivity contribution in [3.63, 3.8) is 0 Å². The Hall–Kier alpha value is -1.02. The quantitative estimate of drug-likeness (QED) is 0.779. The second kappa shape index (κ2) is 4.23. The molecule has 1 aromatic rings. The number of carbonyl (C=O) groups is 1. The van der Waals surface area contributed by atoms with Crippen LogP contribution in [-0.2, 0) is 17.6 Å². The summed E-state index contributed by atoms with van der Waals surface area (Å²) in [5.41, 5.74) is 8.81. The number of primary amides is 1. The number of benzene rings is 1. The summed E-state index contributed by atoms with van der Waals surface area (Å²) in [6.45, 7) is 0. The minimum atomic E-state index is -0.265. The molecule has 0 bridgehead atoms. The minimum absolute atomic E-state index is 0.204. The molecule has 0 aromatic heterocycles. The minimum Gasteiger partial charge on any atom is -0.369 e. The highest BCUT2D eigenvalue weighted by Gasteiger charge is 2.26. The lowest BCUT2D eigenvalue weighted by atomic mass is 9.99. The van der Waals surface area contributed by atoms with Gasteiger partial charge in [-0.25, -0.2) is 0 Å². The molecule has 1 aliphatic rings. The summed E-state index contributed by atoms with van der Waals surface area (Å²) in [4.78, 5) is 11.1. The maximum atomic E-state index is 11.1. The van der Waals surface area contributed by atoms with E-state index in [0.29, 0.717) is 5.88 Å². The molecule has 0 fully saturated rings. The van der Waals surface area contributed by atoms with Gasteiger partial charge >= 0.3 is 0 Å². The first-order valence-electron chi connectivity index (χ1n) is 5.02. The van der Waals surface area contributed by atoms with Crippen LogP contribution in [-0.4, -0.2) is 11.8 Å². The van der Waals surface area contributed by atoms with Gasteiger partial charge < -0.3 is 5.73 Å².